The molecule has 0 radical (unpaired) electrons. The number of unbranched alkanes of at least 4 members (excludes halogenated alkanes) is 2. The number of hydrogen-bond acceptors (Lipinski definition) is 11. The van der Waals surface area contributed by atoms with Crippen LogP contribution in [0, 0.1) is 0 Å². The van der Waals surface area contributed by atoms with Gasteiger partial charge < -0.3 is 38.8 Å². The van der Waals surface area contributed by atoms with Crippen LogP contribution in [0.25, 0.3) is 0 Å². The molecule has 2 atom stereocenters. The molecule has 0 unspecified atom stereocenters. The van der Waals surface area contributed by atoms with Gasteiger partial charge in [0.15, 0.2) is 12.5 Å². The molecule has 0 aliphatic carbocycles. The first-order valence-electron chi connectivity index (χ1n) is 19.4. The highest BCUT2D eigenvalue weighted by atomic mass is 16.7. The highest BCUT2D eigenvalue weighted by molar-refractivity contribution is 5.89. The second-order valence-electron chi connectivity index (χ2n) is 15.8. The van der Waals surface area contributed by atoms with Crippen LogP contribution in [0.15, 0.2) is 77.7 Å². The van der Waals surface area contributed by atoms with Gasteiger partial charge in [-0.2, -0.15) is 4.98 Å². The fourth-order valence-electron chi connectivity index (χ4n) is 5.71. The van der Waals surface area contributed by atoms with E-state index in [4.69, 9.17) is 23.7 Å². The first-order valence-corrected chi connectivity index (χ1v) is 19.4. The van der Waals surface area contributed by atoms with Crippen molar-refractivity contribution >= 4 is 29.9 Å². The van der Waals surface area contributed by atoms with E-state index in [1.54, 1.807) is 9.80 Å². The van der Waals surface area contributed by atoms with Gasteiger partial charge in [0.05, 0.1) is 6.61 Å². The van der Waals surface area contributed by atoms with Crippen molar-refractivity contribution in [1.82, 2.24) is 19.4 Å². The van der Waals surface area contributed by atoms with Gasteiger partial charge in [0, 0.05) is 45.2 Å². The molecular weight excluding hydrogens is 734 g/mol. The first-order chi connectivity index (χ1) is 27.0. The van der Waals surface area contributed by atoms with Crippen molar-refractivity contribution in [3.63, 3.8) is 0 Å². The predicted octanol–water partition coefficient (Wildman–Crippen LogP) is 6.81. The average molecular weight is 792 g/mol. The van der Waals surface area contributed by atoms with Gasteiger partial charge in [-0.3, -0.25) is 14.2 Å². The van der Waals surface area contributed by atoms with Crippen molar-refractivity contribution < 1.29 is 42.9 Å². The summed E-state index contributed by atoms with van der Waals surface area (Å²) in [5, 5.41) is 2.65. The molecule has 1 aliphatic heterocycles. The zero-order chi connectivity index (χ0) is 41.4. The van der Waals surface area contributed by atoms with E-state index in [0.29, 0.717) is 51.9 Å². The molecule has 0 saturated carbocycles. The maximum absolute atomic E-state index is 12.8. The maximum atomic E-state index is 12.8. The van der Waals surface area contributed by atoms with Gasteiger partial charge in [-0.25, -0.2) is 14.4 Å². The minimum Gasteiger partial charge on any atom is -0.460 e. The summed E-state index contributed by atoms with van der Waals surface area (Å²) in [6.45, 7) is 12.4. The molecule has 0 bridgehead atoms. The predicted molar refractivity (Wildman–Crippen MR) is 212 cm³/mol. The van der Waals surface area contributed by atoms with Crippen LogP contribution in [0.4, 0.5) is 15.4 Å². The number of aromatic nitrogens is 2. The lowest BCUT2D eigenvalue weighted by Crippen LogP contribution is -2.37. The minimum atomic E-state index is -0.877. The van der Waals surface area contributed by atoms with Gasteiger partial charge in [0.25, 0.3) is 0 Å². The monoisotopic (exact) mass is 791 g/mol. The summed E-state index contributed by atoms with van der Waals surface area (Å²) in [4.78, 5) is 70.9. The van der Waals surface area contributed by atoms with Gasteiger partial charge in [0.1, 0.15) is 23.6 Å². The van der Waals surface area contributed by atoms with E-state index < -0.39 is 47.6 Å². The van der Waals surface area contributed by atoms with Crippen LogP contribution >= 0.6 is 0 Å². The smallest absolute Gasteiger partial charge is 0.410 e. The second kappa shape index (κ2) is 21.3. The average Bonchev–Trinajstić information content (AvgIpc) is 3.61. The lowest BCUT2D eigenvalue weighted by molar-refractivity contribution is -0.159. The molecule has 4 rings (SSSR count). The number of esters is 1. The molecule has 3 amide bonds. The number of nitrogens with one attached hydrogen (secondary N) is 1. The van der Waals surface area contributed by atoms with Crippen molar-refractivity contribution in [3.05, 3.63) is 94.5 Å². The second-order valence-corrected chi connectivity index (χ2v) is 15.8. The normalized spacial score (nSPS) is 15.4. The first kappa shape index (κ1) is 44.4. The third-order valence-corrected chi connectivity index (χ3v) is 8.40. The van der Waals surface area contributed by atoms with Crippen molar-refractivity contribution in [2.24, 2.45) is 0 Å². The van der Waals surface area contributed by atoms with Gasteiger partial charge in [-0.15, -0.1) is 0 Å². The number of hydrogen-bond donors (Lipinski definition) is 1. The Balaban J connectivity index is 1.15. The fraction of sp³-hybridized carbons (Fsp3) is 0.524. The Labute approximate surface area is 334 Å². The van der Waals surface area contributed by atoms with Gasteiger partial charge in [-0.1, -0.05) is 60.7 Å². The minimum absolute atomic E-state index is 0.0298. The number of ether oxygens (including phenoxy) is 5. The maximum Gasteiger partial charge on any atom is 0.410 e. The zero-order valence-corrected chi connectivity index (χ0v) is 33.9. The SMILES string of the molecule is CC(C)(C)OC(=O)N(CCCCC(=O)Nc1ccn([C@@H]2CO[C@H](COC(=O)CCCCN(Cc3ccccc3)C(=O)OC(C)(C)C)O2)c(=O)n1)Cc1ccccc1. The van der Waals surface area contributed by atoms with E-state index >= 15 is 0 Å². The Morgan fingerprint density at radius 1 is 0.772 bits per heavy atom. The quantitative estimate of drug-likeness (QED) is 0.0817. The summed E-state index contributed by atoms with van der Waals surface area (Å²) in [5.41, 5.74) is 0.0238. The third-order valence-electron chi connectivity index (χ3n) is 8.40. The van der Waals surface area contributed by atoms with E-state index in [2.05, 4.69) is 10.3 Å². The Morgan fingerprint density at radius 2 is 1.30 bits per heavy atom. The lowest BCUT2D eigenvalue weighted by Gasteiger charge is -2.27. The molecule has 15 heteroatoms. The highest BCUT2D eigenvalue weighted by Crippen LogP contribution is 2.21. The van der Waals surface area contributed by atoms with Crippen LogP contribution in [-0.2, 0) is 46.4 Å². The molecule has 1 aromatic heterocycles. The van der Waals surface area contributed by atoms with Crippen molar-refractivity contribution in [3.8, 4) is 0 Å². The van der Waals surface area contributed by atoms with Crippen LogP contribution in [0.3, 0.4) is 0 Å². The summed E-state index contributed by atoms with van der Waals surface area (Å²) < 4.78 is 29.1. The lowest BCUT2D eigenvalue weighted by atomic mass is 10.2. The molecule has 310 valence electrons. The highest BCUT2D eigenvalue weighted by Gasteiger charge is 2.30. The molecular formula is C42H57N5O10. The standard InChI is InChI=1S/C42H57N5O10/c1-41(2,3)56-39(51)45(27-31-17-9-7-10-18-31)24-15-13-21-34(48)43-33-23-26-47(38(50)44-33)35-29-54-37(55-35)30-53-36(49)22-14-16-25-46(40(52)57-42(4,5)6)28-32-19-11-8-12-20-32/h7-12,17-20,23,26,35,37H,13-16,21-22,24-25,27-30H2,1-6H3,(H,43,44,48,50)/t35-,37-/m0/s1. The van der Waals surface area contributed by atoms with Crippen LogP contribution < -0.4 is 11.0 Å². The Kier molecular flexibility index (Phi) is 16.6. The van der Waals surface area contributed by atoms with Crippen LogP contribution in [-0.4, -0.2) is 87.2 Å². The van der Waals surface area contributed by atoms with E-state index in [1.165, 1.54) is 16.8 Å². The third kappa shape index (κ3) is 16.4. The Hall–Kier alpha value is -5.28. The molecule has 57 heavy (non-hydrogen) atoms. The number of carbonyl (C=O) groups is 4. The fourth-order valence-corrected chi connectivity index (χ4v) is 5.71. The topological polar surface area (TPSA) is 168 Å². The molecule has 1 aliphatic rings. The number of nitrogens with zero attached hydrogens (tertiary/aromatic N) is 4. The Bertz CT molecular complexity index is 1810. The zero-order valence-electron chi connectivity index (χ0n) is 33.9. The summed E-state index contributed by atoms with van der Waals surface area (Å²) in [5.74, 6) is -0.662. The number of amides is 3. The molecule has 0 spiro atoms. The van der Waals surface area contributed by atoms with E-state index in [0.717, 1.165) is 11.1 Å². The molecule has 2 heterocycles. The molecule has 1 N–H and O–H groups in total. The van der Waals surface area contributed by atoms with Gasteiger partial charge in [-0.05, 0) is 84.4 Å². The summed E-state index contributed by atoms with van der Waals surface area (Å²) >= 11 is 0. The van der Waals surface area contributed by atoms with Crippen LogP contribution in [0.5, 0.6) is 0 Å². The van der Waals surface area contributed by atoms with Crippen molar-refractivity contribution in [2.45, 2.75) is 117 Å². The van der Waals surface area contributed by atoms with Crippen molar-refractivity contribution in [1.29, 1.82) is 0 Å². The largest absolute Gasteiger partial charge is 0.460 e. The molecule has 2 aromatic carbocycles. The molecule has 1 fully saturated rings. The van der Waals surface area contributed by atoms with Crippen LogP contribution in [0.2, 0.25) is 0 Å². The summed E-state index contributed by atoms with van der Waals surface area (Å²) in [6.07, 6.45) is 1.36. The number of rotatable bonds is 18. The summed E-state index contributed by atoms with van der Waals surface area (Å²) in [6, 6.07) is 20.7. The van der Waals surface area contributed by atoms with Crippen molar-refractivity contribution in [2.75, 3.05) is 31.6 Å². The van der Waals surface area contributed by atoms with Gasteiger partial charge >= 0.3 is 23.8 Å². The van der Waals surface area contributed by atoms with E-state index in [1.807, 2.05) is 102 Å². The molecule has 15 nitrogen and oxygen atoms in total. The van der Waals surface area contributed by atoms with E-state index in [-0.39, 0.29) is 37.8 Å². The van der Waals surface area contributed by atoms with Gasteiger partial charge in [0.2, 0.25) is 5.91 Å². The Morgan fingerprint density at radius 3 is 1.81 bits per heavy atom. The summed E-state index contributed by atoms with van der Waals surface area (Å²) in [7, 11) is 0. The number of carbonyl (C=O) groups excluding carboxylic acids is 4. The van der Waals surface area contributed by atoms with E-state index in [9.17, 15) is 24.0 Å². The molecule has 3 aromatic rings. The molecule has 1 saturated heterocycles. The number of anilines is 1. The van der Waals surface area contributed by atoms with Crippen LogP contribution in [0.1, 0.15) is 97.4 Å². The number of benzene rings is 2.